The molecule has 0 spiro atoms. The Balaban J connectivity index is 2.00. The molecule has 4 nitrogen and oxygen atoms in total. The highest BCUT2D eigenvalue weighted by Crippen LogP contribution is 2.24. The molecule has 1 fully saturated rings. The Kier molecular flexibility index (Phi) is 4.44. The summed E-state index contributed by atoms with van der Waals surface area (Å²) in [5, 5.41) is 5.36. The Labute approximate surface area is 125 Å². The van der Waals surface area contributed by atoms with Crippen molar-refractivity contribution in [2.24, 2.45) is 0 Å². The van der Waals surface area contributed by atoms with Crippen molar-refractivity contribution in [1.29, 1.82) is 0 Å². The van der Waals surface area contributed by atoms with Crippen molar-refractivity contribution in [2.75, 3.05) is 5.32 Å². The first kappa shape index (κ1) is 14.3. The van der Waals surface area contributed by atoms with Crippen molar-refractivity contribution in [3.8, 4) is 0 Å². The zero-order valence-electron chi connectivity index (χ0n) is 10.0. The molecule has 1 atom stereocenters. The van der Waals surface area contributed by atoms with Gasteiger partial charge < -0.3 is 10.6 Å². The van der Waals surface area contributed by atoms with Gasteiger partial charge in [-0.2, -0.15) is 0 Å². The number of hydrogen-bond acceptors (Lipinski definition) is 4. The van der Waals surface area contributed by atoms with Crippen LogP contribution in [0.25, 0.3) is 0 Å². The normalized spacial score (nSPS) is 18.3. The summed E-state index contributed by atoms with van der Waals surface area (Å²) in [7, 11) is 0. The summed E-state index contributed by atoms with van der Waals surface area (Å²) in [5.74, 6) is -0.448. The van der Waals surface area contributed by atoms with E-state index in [1.165, 1.54) is 11.8 Å². The number of halogens is 1. The molecule has 1 aliphatic heterocycles. The number of benzene rings is 1. The maximum Gasteiger partial charge on any atom is 0.239 e. The zero-order valence-corrected chi connectivity index (χ0v) is 12.4. The predicted octanol–water partition coefficient (Wildman–Crippen LogP) is 2.49. The SMILES string of the molecule is Cc1ccc(Cl)cc1NC(=O)CC1SC(=S)NC1=O. The molecule has 2 amide bonds. The number of carbonyl (C=O) groups is 2. The fraction of sp³-hybridized carbons (Fsp3) is 0.250. The Hall–Kier alpha value is -1.11. The van der Waals surface area contributed by atoms with Gasteiger partial charge in [0.25, 0.3) is 0 Å². The molecule has 1 aromatic carbocycles. The first-order chi connectivity index (χ1) is 8.95. The highest BCUT2D eigenvalue weighted by atomic mass is 35.5. The maximum atomic E-state index is 11.9. The van der Waals surface area contributed by atoms with E-state index in [-0.39, 0.29) is 18.2 Å². The Morgan fingerprint density at radius 1 is 1.58 bits per heavy atom. The number of thiocarbonyl (C=S) groups is 1. The van der Waals surface area contributed by atoms with E-state index in [0.29, 0.717) is 15.0 Å². The molecule has 0 radical (unpaired) electrons. The van der Waals surface area contributed by atoms with Gasteiger partial charge >= 0.3 is 0 Å². The molecule has 2 N–H and O–H groups in total. The van der Waals surface area contributed by atoms with Gasteiger partial charge in [-0.25, -0.2) is 0 Å². The maximum absolute atomic E-state index is 11.9. The van der Waals surface area contributed by atoms with Crippen LogP contribution in [0.1, 0.15) is 12.0 Å². The van der Waals surface area contributed by atoms with Crippen LogP contribution in [0.4, 0.5) is 5.69 Å². The number of aryl methyl sites for hydroxylation is 1. The van der Waals surface area contributed by atoms with Crippen LogP contribution in [0.2, 0.25) is 5.02 Å². The van der Waals surface area contributed by atoms with Crippen LogP contribution in [-0.2, 0) is 9.59 Å². The highest BCUT2D eigenvalue weighted by molar-refractivity contribution is 8.24. The second-order valence-corrected chi connectivity index (χ2v) is 6.41. The second-order valence-electron chi connectivity index (χ2n) is 4.09. The number of rotatable bonds is 3. The topological polar surface area (TPSA) is 58.2 Å². The standard InChI is InChI=1S/C12H11ClN2O2S2/c1-6-2-3-7(13)4-8(6)14-10(16)5-9-11(17)15-12(18)19-9/h2-4,9H,5H2,1H3,(H,14,16)(H,15,17,18). The van der Waals surface area contributed by atoms with Crippen LogP contribution in [0.15, 0.2) is 18.2 Å². The number of anilines is 1. The quantitative estimate of drug-likeness (QED) is 0.842. The molecule has 19 heavy (non-hydrogen) atoms. The lowest BCUT2D eigenvalue weighted by Crippen LogP contribution is -2.27. The van der Waals surface area contributed by atoms with Gasteiger partial charge in [0.05, 0.1) is 5.25 Å². The Morgan fingerprint density at radius 2 is 2.32 bits per heavy atom. The number of amides is 2. The number of carbonyl (C=O) groups excluding carboxylic acids is 2. The zero-order chi connectivity index (χ0) is 14.0. The number of hydrogen-bond donors (Lipinski definition) is 2. The third kappa shape index (κ3) is 3.68. The summed E-state index contributed by atoms with van der Waals surface area (Å²) in [6.45, 7) is 1.87. The van der Waals surface area contributed by atoms with Crippen molar-refractivity contribution < 1.29 is 9.59 Å². The molecule has 1 heterocycles. The largest absolute Gasteiger partial charge is 0.326 e. The van der Waals surface area contributed by atoms with Crippen LogP contribution in [0.5, 0.6) is 0 Å². The van der Waals surface area contributed by atoms with E-state index in [1.54, 1.807) is 12.1 Å². The van der Waals surface area contributed by atoms with E-state index in [0.717, 1.165) is 5.56 Å². The van der Waals surface area contributed by atoms with Gasteiger partial charge in [0.15, 0.2) is 0 Å². The van der Waals surface area contributed by atoms with Crippen LogP contribution in [0.3, 0.4) is 0 Å². The molecule has 1 aromatic rings. The minimum atomic E-state index is -0.452. The molecule has 7 heteroatoms. The van der Waals surface area contributed by atoms with Gasteiger partial charge in [-0.05, 0) is 24.6 Å². The van der Waals surface area contributed by atoms with Crippen molar-refractivity contribution in [1.82, 2.24) is 5.32 Å². The minimum absolute atomic E-state index is 0.0859. The van der Waals surface area contributed by atoms with E-state index in [1.807, 2.05) is 13.0 Å². The van der Waals surface area contributed by atoms with E-state index >= 15 is 0 Å². The summed E-state index contributed by atoms with van der Waals surface area (Å²) in [6.07, 6.45) is 0.0859. The van der Waals surface area contributed by atoms with Crippen molar-refractivity contribution in [2.45, 2.75) is 18.6 Å². The van der Waals surface area contributed by atoms with Crippen molar-refractivity contribution in [3.05, 3.63) is 28.8 Å². The fourth-order valence-electron chi connectivity index (χ4n) is 1.63. The molecule has 1 unspecified atom stereocenters. The number of nitrogens with one attached hydrogen (secondary N) is 2. The van der Waals surface area contributed by atoms with Gasteiger partial charge in [0, 0.05) is 17.1 Å². The molecule has 1 aliphatic rings. The molecular weight excluding hydrogens is 304 g/mol. The molecule has 0 saturated carbocycles. The average Bonchev–Trinajstić information content (AvgIpc) is 2.62. The summed E-state index contributed by atoms with van der Waals surface area (Å²) < 4.78 is 0.418. The smallest absolute Gasteiger partial charge is 0.239 e. The van der Waals surface area contributed by atoms with Crippen LogP contribution < -0.4 is 10.6 Å². The molecule has 0 aromatic heterocycles. The monoisotopic (exact) mass is 314 g/mol. The van der Waals surface area contributed by atoms with Gasteiger partial charge in [-0.3, -0.25) is 9.59 Å². The van der Waals surface area contributed by atoms with Crippen LogP contribution in [-0.4, -0.2) is 21.4 Å². The summed E-state index contributed by atoms with van der Waals surface area (Å²) >= 11 is 12.0. The van der Waals surface area contributed by atoms with Crippen LogP contribution in [0, 0.1) is 6.92 Å². The molecule has 0 aliphatic carbocycles. The van der Waals surface area contributed by atoms with Gasteiger partial charge in [0.1, 0.15) is 4.32 Å². The van der Waals surface area contributed by atoms with Crippen LogP contribution >= 0.6 is 35.6 Å². The van der Waals surface area contributed by atoms with E-state index < -0.39 is 5.25 Å². The van der Waals surface area contributed by atoms with Gasteiger partial charge in [-0.1, -0.05) is 41.6 Å². The lowest BCUT2D eigenvalue weighted by Gasteiger charge is -2.10. The first-order valence-corrected chi connectivity index (χ1v) is 7.20. The minimum Gasteiger partial charge on any atom is -0.326 e. The summed E-state index contributed by atoms with van der Waals surface area (Å²) in [4.78, 5) is 23.4. The highest BCUT2D eigenvalue weighted by Gasteiger charge is 2.30. The molecule has 100 valence electrons. The molecule has 0 bridgehead atoms. The summed E-state index contributed by atoms with van der Waals surface area (Å²) in [6, 6.07) is 5.26. The fourth-order valence-corrected chi connectivity index (χ4v) is 3.07. The lowest BCUT2D eigenvalue weighted by atomic mass is 10.2. The third-order valence-corrected chi connectivity index (χ3v) is 4.22. The van der Waals surface area contributed by atoms with Gasteiger partial charge in [0.2, 0.25) is 11.8 Å². The van der Waals surface area contributed by atoms with Crippen molar-refractivity contribution >= 4 is 57.4 Å². The Morgan fingerprint density at radius 3 is 2.95 bits per heavy atom. The van der Waals surface area contributed by atoms with E-state index in [9.17, 15) is 9.59 Å². The molecule has 2 rings (SSSR count). The lowest BCUT2D eigenvalue weighted by molar-refractivity contribution is -0.122. The van der Waals surface area contributed by atoms with E-state index in [4.69, 9.17) is 23.8 Å². The molecular formula is C12H11ClN2O2S2. The third-order valence-electron chi connectivity index (χ3n) is 2.61. The predicted molar refractivity (Wildman–Crippen MR) is 81.6 cm³/mol. The number of thioether (sulfide) groups is 1. The Bertz CT molecular complexity index is 563. The first-order valence-electron chi connectivity index (χ1n) is 5.53. The van der Waals surface area contributed by atoms with Gasteiger partial charge in [-0.15, -0.1) is 0 Å². The van der Waals surface area contributed by atoms with E-state index in [2.05, 4.69) is 10.6 Å². The second kappa shape index (κ2) is 5.90. The summed E-state index contributed by atoms with van der Waals surface area (Å²) in [5.41, 5.74) is 1.57. The molecule has 1 saturated heterocycles. The average molecular weight is 315 g/mol. The van der Waals surface area contributed by atoms with Crippen molar-refractivity contribution in [3.63, 3.8) is 0 Å².